The number of likely N-dealkylation sites (tertiary alicyclic amines) is 1. The summed E-state index contributed by atoms with van der Waals surface area (Å²) < 4.78 is 26.5. The summed E-state index contributed by atoms with van der Waals surface area (Å²) >= 11 is 6.71. The third-order valence-electron chi connectivity index (χ3n) is 3.88. The van der Waals surface area contributed by atoms with Gasteiger partial charge in [-0.05, 0) is 18.2 Å². The van der Waals surface area contributed by atoms with Crippen LogP contribution >= 0.6 is 23.4 Å². The second-order valence-corrected chi connectivity index (χ2v) is 8.68. The molecule has 0 aromatic heterocycles. The van der Waals surface area contributed by atoms with Crippen molar-refractivity contribution in [1.82, 2.24) is 14.5 Å². The first-order chi connectivity index (χ1) is 11.8. The Morgan fingerprint density at radius 3 is 2.64 bits per heavy atom. The van der Waals surface area contributed by atoms with Crippen molar-refractivity contribution in [3.8, 4) is 0 Å². The van der Waals surface area contributed by atoms with Crippen LogP contribution in [0.1, 0.15) is 0 Å². The van der Waals surface area contributed by atoms with Crippen molar-refractivity contribution in [2.45, 2.75) is 10.9 Å². The lowest BCUT2D eigenvalue weighted by atomic mass is 10.1. The van der Waals surface area contributed by atoms with E-state index in [0.29, 0.717) is 0 Å². The van der Waals surface area contributed by atoms with E-state index in [1.54, 1.807) is 6.07 Å². The zero-order valence-electron chi connectivity index (χ0n) is 12.8. The Kier molecular flexibility index (Phi) is 5.05. The number of hydrogen-bond acceptors (Lipinski definition) is 6. The molecule has 0 spiro atoms. The lowest BCUT2D eigenvalue weighted by Crippen LogP contribution is -2.63. The summed E-state index contributed by atoms with van der Waals surface area (Å²) in [4.78, 5) is 37.8. The summed E-state index contributed by atoms with van der Waals surface area (Å²) in [7, 11) is -3.85. The molecule has 0 saturated carbocycles. The lowest BCUT2D eigenvalue weighted by Gasteiger charge is -2.42. The molecule has 25 heavy (non-hydrogen) atoms. The van der Waals surface area contributed by atoms with Gasteiger partial charge in [-0.25, -0.2) is 13.1 Å². The Morgan fingerprint density at radius 1 is 1.32 bits per heavy atom. The monoisotopic (exact) mass is 403 g/mol. The molecule has 0 radical (unpaired) electrons. The van der Waals surface area contributed by atoms with E-state index in [9.17, 15) is 22.8 Å². The highest BCUT2D eigenvalue weighted by Gasteiger charge is 2.43. The highest BCUT2D eigenvalue weighted by atomic mass is 35.5. The Balaban J connectivity index is 1.52. The van der Waals surface area contributed by atoms with Gasteiger partial charge < -0.3 is 4.90 Å². The summed E-state index contributed by atoms with van der Waals surface area (Å²) in [6.07, 6.45) is 0. The van der Waals surface area contributed by atoms with Crippen molar-refractivity contribution < 1.29 is 22.8 Å². The molecular weight excluding hydrogens is 390 g/mol. The predicted octanol–water partition coefficient (Wildman–Crippen LogP) is 0.524. The molecule has 3 amide bonds. The van der Waals surface area contributed by atoms with Crippen LogP contribution in [0.25, 0.3) is 0 Å². The number of carbonyl (C=O) groups is 3. The van der Waals surface area contributed by atoms with Crippen LogP contribution in [-0.2, 0) is 19.6 Å². The first-order valence-corrected chi connectivity index (χ1v) is 10.1. The highest BCUT2D eigenvalue weighted by Crippen LogP contribution is 2.26. The van der Waals surface area contributed by atoms with Crippen LogP contribution in [0.3, 0.4) is 0 Å². The molecule has 0 aliphatic carbocycles. The van der Waals surface area contributed by atoms with E-state index in [0.717, 1.165) is 11.8 Å². The number of thioether (sulfide) groups is 1. The molecule has 0 atom stereocenters. The van der Waals surface area contributed by atoms with E-state index in [-0.39, 0.29) is 45.9 Å². The number of sulfonamides is 1. The van der Waals surface area contributed by atoms with Crippen LogP contribution < -0.4 is 4.72 Å². The fraction of sp³-hybridized carbons (Fsp3) is 0.357. The second kappa shape index (κ2) is 6.94. The first kappa shape index (κ1) is 18.2. The molecule has 2 aliphatic heterocycles. The molecular formula is C14H14ClN3O5S2. The van der Waals surface area contributed by atoms with Gasteiger partial charge in [0.2, 0.25) is 21.8 Å². The van der Waals surface area contributed by atoms with Gasteiger partial charge in [0.1, 0.15) is 0 Å². The molecule has 2 aliphatic rings. The number of halogens is 1. The van der Waals surface area contributed by atoms with Gasteiger partial charge in [-0.15, -0.1) is 0 Å². The molecule has 11 heteroatoms. The van der Waals surface area contributed by atoms with E-state index in [1.807, 2.05) is 0 Å². The van der Waals surface area contributed by atoms with Gasteiger partial charge in [-0.3, -0.25) is 19.3 Å². The minimum absolute atomic E-state index is 0.0282. The maximum Gasteiger partial charge on any atom is 0.289 e. The fourth-order valence-corrected chi connectivity index (χ4v) is 4.58. The van der Waals surface area contributed by atoms with Crippen LogP contribution in [0.2, 0.25) is 5.02 Å². The molecule has 0 unspecified atom stereocenters. The van der Waals surface area contributed by atoms with E-state index in [2.05, 4.69) is 4.72 Å². The number of carbonyl (C=O) groups excluding carboxylic acids is 3. The van der Waals surface area contributed by atoms with E-state index >= 15 is 0 Å². The molecule has 2 fully saturated rings. The predicted molar refractivity (Wildman–Crippen MR) is 91.7 cm³/mol. The van der Waals surface area contributed by atoms with Crippen molar-refractivity contribution in [2.75, 3.05) is 25.4 Å². The number of imide groups is 1. The Morgan fingerprint density at radius 2 is 2.04 bits per heavy atom. The number of nitrogens with one attached hydrogen (secondary N) is 1. The lowest BCUT2D eigenvalue weighted by molar-refractivity contribution is -0.141. The maximum atomic E-state index is 12.1. The number of nitrogens with zero attached hydrogens (tertiary/aromatic N) is 2. The molecule has 8 nitrogen and oxygen atoms in total. The summed E-state index contributed by atoms with van der Waals surface area (Å²) in [5.41, 5.74) is 0. The average molecular weight is 404 g/mol. The van der Waals surface area contributed by atoms with Crippen LogP contribution in [0, 0.1) is 0 Å². The molecule has 3 rings (SSSR count). The standard InChI is InChI=1S/C14H14ClN3O5S2/c15-9-2-1-3-11(4-9)25(22,23)16-5-12(19)17-6-10(7-17)18-13(20)8-24-14(18)21/h1-4,10,16H,5-8H2. The van der Waals surface area contributed by atoms with Crippen molar-refractivity contribution >= 4 is 50.4 Å². The molecule has 0 bridgehead atoms. The van der Waals surface area contributed by atoms with Gasteiger partial charge in [0, 0.05) is 18.1 Å². The van der Waals surface area contributed by atoms with Crippen molar-refractivity contribution in [3.05, 3.63) is 29.3 Å². The normalized spacial score (nSPS) is 18.6. The summed E-state index contributed by atoms with van der Waals surface area (Å²) in [5, 5.41) is -0.0265. The van der Waals surface area contributed by atoms with Crippen molar-refractivity contribution in [3.63, 3.8) is 0 Å². The van der Waals surface area contributed by atoms with Gasteiger partial charge in [-0.1, -0.05) is 29.4 Å². The third kappa shape index (κ3) is 3.81. The minimum Gasteiger partial charge on any atom is -0.337 e. The van der Waals surface area contributed by atoms with Crippen LogP contribution in [-0.4, -0.2) is 66.7 Å². The minimum atomic E-state index is -3.85. The van der Waals surface area contributed by atoms with Gasteiger partial charge in [0.15, 0.2) is 0 Å². The van der Waals surface area contributed by atoms with Crippen LogP contribution in [0.15, 0.2) is 29.2 Å². The molecule has 134 valence electrons. The van der Waals surface area contributed by atoms with Crippen LogP contribution in [0.4, 0.5) is 4.79 Å². The largest absolute Gasteiger partial charge is 0.337 e. The third-order valence-corrected chi connectivity index (χ3v) is 6.35. The number of amides is 3. The number of hydrogen-bond donors (Lipinski definition) is 1. The fourth-order valence-electron chi connectivity index (χ4n) is 2.53. The zero-order chi connectivity index (χ0) is 18.2. The quantitative estimate of drug-likeness (QED) is 0.768. The Labute approximate surface area is 153 Å². The number of benzene rings is 1. The smallest absolute Gasteiger partial charge is 0.289 e. The molecule has 1 N–H and O–H groups in total. The Bertz CT molecular complexity index is 823. The first-order valence-electron chi connectivity index (χ1n) is 7.30. The number of rotatable bonds is 5. The van der Waals surface area contributed by atoms with Gasteiger partial charge >= 0.3 is 0 Å². The summed E-state index contributed by atoms with van der Waals surface area (Å²) in [6.45, 7) is 0.0315. The summed E-state index contributed by atoms with van der Waals surface area (Å²) in [5.74, 6) is -0.551. The molecule has 2 saturated heterocycles. The van der Waals surface area contributed by atoms with E-state index < -0.39 is 22.5 Å². The summed E-state index contributed by atoms with van der Waals surface area (Å²) in [6, 6.07) is 5.38. The SMILES string of the molecule is O=C(CNS(=O)(=O)c1cccc(Cl)c1)N1CC(N2C(=O)CSC2=O)C1. The average Bonchev–Trinajstić information content (AvgIpc) is 2.84. The van der Waals surface area contributed by atoms with Crippen molar-refractivity contribution in [2.24, 2.45) is 0 Å². The van der Waals surface area contributed by atoms with Crippen LogP contribution in [0.5, 0.6) is 0 Å². The molecule has 1 aromatic carbocycles. The highest BCUT2D eigenvalue weighted by molar-refractivity contribution is 8.14. The molecule has 2 heterocycles. The Hall–Kier alpha value is -1.62. The van der Waals surface area contributed by atoms with Crippen molar-refractivity contribution in [1.29, 1.82) is 0 Å². The van der Waals surface area contributed by atoms with Gasteiger partial charge in [-0.2, -0.15) is 0 Å². The zero-order valence-corrected chi connectivity index (χ0v) is 15.2. The van der Waals surface area contributed by atoms with E-state index in [4.69, 9.17) is 11.6 Å². The van der Waals surface area contributed by atoms with Gasteiger partial charge in [0.05, 0.1) is 23.2 Å². The topological polar surface area (TPSA) is 104 Å². The van der Waals surface area contributed by atoms with E-state index in [1.165, 1.54) is 28.0 Å². The molecule has 1 aromatic rings. The second-order valence-electron chi connectivity index (χ2n) is 5.55. The van der Waals surface area contributed by atoms with Gasteiger partial charge in [0.25, 0.3) is 5.24 Å². The maximum absolute atomic E-state index is 12.1.